The highest BCUT2D eigenvalue weighted by Crippen LogP contribution is 2.41. The van der Waals surface area contributed by atoms with E-state index in [4.69, 9.17) is 22.7 Å². The molecule has 8 heteroatoms. The SMILES string of the molecule is C=C1CC(c2ccc(Cl)cc2F)C(C(=O)Nc2cc(C=N)c(N)cc2F)=C(C)N1C. The first-order valence-corrected chi connectivity index (χ1v) is 9.49. The predicted octanol–water partition coefficient (Wildman–Crippen LogP) is 5.04. The average Bonchev–Trinajstić information content (AvgIpc) is 2.68. The monoisotopic (exact) mass is 430 g/mol. The van der Waals surface area contributed by atoms with Crippen LogP contribution in [-0.2, 0) is 4.79 Å². The molecular weight excluding hydrogens is 410 g/mol. The van der Waals surface area contributed by atoms with Crippen LogP contribution >= 0.6 is 11.6 Å². The molecule has 0 fully saturated rings. The molecule has 0 radical (unpaired) electrons. The molecule has 0 bridgehead atoms. The smallest absolute Gasteiger partial charge is 0.254 e. The van der Waals surface area contributed by atoms with Crippen molar-refractivity contribution in [2.24, 2.45) is 0 Å². The van der Waals surface area contributed by atoms with E-state index in [1.807, 2.05) is 0 Å². The second-order valence-electron chi connectivity index (χ2n) is 7.11. The number of nitrogens with two attached hydrogens (primary N) is 1. The van der Waals surface area contributed by atoms with Crippen LogP contribution in [0.15, 0.2) is 53.9 Å². The third-order valence-electron chi connectivity index (χ3n) is 5.31. The zero-order valence-corrected chi connectivity index (χ0v) is 17.3. The Bertz CT molecular complexity index is 1100. The number of anilines is 2. The summed E-state index contributed by atoms with van der Waals surface area (Å²) in [5.41, 5.74) is 7.80. The fraction of sp³-hybridized carbons (Fsp3) is 0.182. The van der Waals surface area contributed by atoms with Gasteiger partial charge in [-0.1, -0.05) is 24.2 Å². The zero-order valence-electron chi connectivity index (χ0n) is 16.5. The minimum atomic E-state index is -0.729. The van der Waals surface area contributed by atoms with Crippen molar-refractivity contribution in [3.05, 3.63) is 81.7 Å². The van der Waals surface area contributed by atoms with Gasteiger partial charge in [0.1, 0.15) is 11.6 Å². The number of nitrogens with one attached hydrogen (secondary N) is 2. The zero-order chi connectivity index (χ0) is 22.2. The van der Waals surface area contributed by atoms with Crippen molar-refractivity contribution in [1.82, 2.24) is 4.90 Å². The number of hydrogen-bond acceptors (Lipinski definition) is 4. The topological polar surface area (TPSA) is 82.2 Å². The van der Waals surface area contributed by atoms with E-state index >= 15 is 0 Å². The number of rotatable bonds is 4. The lowest BCUT2D eigenvalue weighted by Crippen LogP contribution is -2.32. The van der Waals surface area contributed by atoms with Crippen LogP contribution in [-0.4, -0.2) is 24.1 Å². The standard InChI is InChI=1S/C22H21ClF2N4O/c1-11-6-16(15-5-4-14(23)8-17(15)24)21(12(2)29(11)3)22(30)28-20-7-13(10-26)19(27)9-18(20)25/h4-5,7-10,16,26H,1,6,27H2,2-3H3,(H,28,30). The number of allylic oxidation sites excluding steroid dienone is 2. The molecule has 2 aromatic rings. The third-order valence-corrected chi connectivity index (χ3v) is 5.55. The normalized spacial score (nSPS) is 16.6. The lowest BCUT2D eigenvalue weighted by molar-refractivity contribution is -0.113. The van der Waals surface area contributed by atoms with Gasteiger partial charge in [-0.15, -0.1) is 0 Å². The van der Waals surface area contributed by atoms with Gasteiger partial charge in [0.25, 0.3) is 5.91 Å². The molecule has 2 aromatic carbocycles. The molecule has 0 aliphatic carbocycles. The number of benzene rings is 2. The highest BCUT2D eigenvalue weighted by atomic mass is 35.5. The number of nitrogens with zero attached hydrogens (tertiary/aromatic N) is 1. The maximum atomic E-state index is 14.7. The summed E-state index contributed by atoms with van der Waals surface area (Å²) in [5.74, 6) is -2.46. The number of carbonyl (C=O) groups excluding carboxylic acids is 1. The first-order chi connectivity index (χ1) is 14.1. The van der Waals surface area contributed by atoms with E-state index in [9.17, 15) is 13.6 Å². The van der Waals surface area contributed by atoms with E-state index in [1.165, 1.54) is 12.1 Å². The molecule has 5 nitrogen and oxygen atoms in total. The van der Waals surface area contributed by atoms with Gasteiger partial charge in [0, 0.05) is 52.4 Å². The van der Waals surface area contributed by atoms with Crippen LogP contribution in [0, 0.1) is 17.0 Å². The van der Waals surface area contributed by atoms with Gasteiger partial charge >= 0.3 is 0 Å². The number of hydrogen-bond donors (Lipinski definition) is 3. The van der Waals surface area contributed by atoms with Crippen molar-refractivity contribution in [1.29, 1.82) is 5.41 Å². The summed E-state index contributed by atoms with van der Waals surface area (Å²) in [5, 5.41) is 10.2. The summed E-state index contributed by atoms with van der Waals surface area (Å²) in [6, 6.07) is 6.62. The first-order valence-electron chi connectivity index (χ1n) is 9.12. The van der Waals surface area contributed by atoms with Gasteiger partial charge in [0.05, 0.1) is 5.69 Å². The Morgan fingerprint density at radius 3 is 2.67 bits per heavy atom. The number of halogens is 3. The Balaban J connectivity index is 2.06. The van der Waals surface area contributed by atoms with Crippen LogP contribution in [0.2, 0.25) is 5.02 Å². The third kappa shape index (κ3) is 3.93. The van der Waals surface area contributed by atoms with E-state index < -0.39 is 23.5 Å². The van der Waals surface area contributed by atoms with Gasteiger partial charge < -0.3 is 21.4 Å². The largest absolute Gasteiger partial charge is 0.398 e. The quantitative estimate of drug-likeness (QED) is 0.469. The number of carbonyl (C=O) groups is 1. The molecule has 4 N–H and O–H groups in total. The second-order valence-corrected chi connectivity index (χ2v) is 7.54. The summed E-state index contributed by atoms with van der Waals surface area (Å²) in [4.78, 5) is 15.0. The molecule has 1 amide bonds. The van der Waals surface area contributed by atoms with Gasteiger partial charge in [-0.3, -0.25) is 4.79 Å². The molecule has 1 aliphatic heterocycles. The first kappa shape index (κ1) is 21.5. The molecule has 1 atom stereocenters. The number of amides is 1. The van der Waals surface area contributed by atoms with Gasteiger partial charge in [0.2, 0.25) is 0 Å². The van der Waals surface area contributed by atoms with E-state index in [0.29, 0.717) is 29.0 Å². The minimum absolute atomic E-state index is 0.0886. The molecular formula is C22H21ClF2N4O. The predicted molar refractivity (Wildman–Crippen MR) is 116 cm³/mol. The molecule has 0 aromatic heterocycles. The minimum Gasteiger partial charge on any atom is -0.398 e. The average molecular weight is 431 g/mol. The molecule has 3 rings (SSSR count). The van der Waals surface area contributed by atoms with Crippen LogP contribution in [0.5, 0.6) is 0 Å². The second kappa shape index (κ2) is 8.28. The fourth-order valence-electron chi connectivity index (χ4n) is 3.53. The van der Waals surface area contributed by atoms with Gasteiger partial charge in [-0.2, -0.15) is 0 Å². The van der Waals surface area contributed by atoms with E-state index in [1.54, 1.807) is 31.0 Å². The van der Waals surface area contributed by atoms with Crippen LogP contribution in [0.1, 0.15) is 30.4 Å². The van der Waals surface area contributed by atoms with Crippen LogP contribution in [0.4, 0.5) is 20.2 Å². The molecule has 0 spiro atoms. The van der Waals surface area contributed by atoms with Crippen molar-refractivity contribution in [3.63, 3.8) is 0 Å². The summed E-state index contributed by atoms with van der Waals surface area (Å²) in [6.07, 6.45) is 1.28. The maximum absolute atomic E-state index is 14.7. The fourth-order valence-corrected chi connectivity index (χ4v) is 3.69. The van der Waals surface area contributed by atoms with E-state index in [0.717, 1.165) is 12.3 Å². The van der Waals surface area contributed by atoms with Gasteiger partial charge in [-0.05, 0) is 43.2 Å². The summed E-state index contributed by atoms with van der Waals surface area (Å²) >= 11 is 5.87. The molecule has 30 heavy (non-hydrogen) atoms. The summed E-state index contributed by atoms with van der Waals surface area (Å²) in [6.45, 7) is 5.73. The van der Waals surface area contributed by atoms with Crippen molar-refractivity contribution in [2.75, 3.05) is 18.1 Å². The van der Waals surface area contributed by atoms with Crippen LogP contribution in [0.25, 0.3) is 0 Å². The number of nitrogen functional groups attached to an aromatic ring is 1. The summed E-state index contributed by atoms with van der Waals surface area (Å²) < 4.78 is 29.1. The maximum Gasteiger partial charge on any atom is 0.254 e. The molecule has 0 saturated carbocycles. The lowest BCUT2D eigenvalue weighted by atomic mass is 9.82. The van der Waals surface area contributed by atoms with Crippen molar-refractivity contribution in [2.45, 2.75) is 19.3 Å². The van der Waals surface area contributed by atoms with Crippen molar-refractivity contribution >= 4 is 35.1 Å². The Morgan fingerprint density at radius 1 is 1.33 bits per heavy atom. The van der Waals surface area contributed by atoms with E-state index in [-0.39, 0.29) is 22.0 Å². The molecule has 1 aliphatic rings. The van der Waals surface area contributed by atoms with Gasteiger partial charge in [-0.25, -0.2) is 8.78 Å². The van der Waals surface area contributed by atoms with E-state index in [2.05, 4.69) is 11.9 Å². The molecule has 1 unspecified atom stereocenters. The van der Waals surface area contributed by atoms with Crippen LogP contribution in [0.3, 0.4) is 0 Å². The highest BCUT2D eigenvalue weighted by molar-refractivity contribution is 6.30. The Morgan fingerprint density at radius 2 is 2.03 bits per heavy atom. The Hall–Kier alpha value is -3.19. The highest BCUT2D eigenvalue weighted by Gasteiger charge is 2.34. The lowest BCUT2D eigenvalue weighted by Gasteiger charge is -2.35. The van der Waals surface area contributed by atoms with Crippen molar-refractivity contribution < 1.29 is 13.6 Å². The Kier molecular flexibility index (Phi) is 5.94. The molecule has 156 valence electrons. The van der Waals surface area contributed by atoms with Gasteiger partial charge in [0.15, 0.2) is 0 Å². The Labute approximate surface area is 178 Å². The summed E-state index contributed by atoms with van der Waals surface area (Å²) in [7, 11) is 1.76. The molecule has 1 heterocycles. The van der Waals surface area contributed by atoms with Crippen LogP contribution < -0.4 is 11.1 Å². The van der Waals surface area contributed by atoms with Crippen molar-refractivity contribution in [3.8, 4) is 0 Å². The molecule has 0 saturated heterocycles.